The largest absolute Gasteiger partial charge is 0.306 e. The fourth-order valence-electron chi connectivity index (χ4n) is 2.10. The number of nitrogens with one attached hydrogen (secondary N) is 1. The minimum Gasteiger partial charge on any atom is -0.306 e. The van der Waals surface area contributed by atoms with Gasteiger partial charge < -0.3 is 5.32 Å². The first kappa shape index (κ1) is 15.7. The third-order valence-corrected chi connectivity index (χ3v) is 3.98. The first-order valence-corrected chi connectivity index (χ1v) is 7.49. The van der Waals surface area contributed by atoms with Crippen LogP contribution in [0.2, 0.25) is 0 Å². The van der Waals surface area contributed by atoms with E-state index in [-0.39, 0.29) is 16.7 Å². The summed E-state index contributed by atoms with van der Waals surface area (Å²) in [6.07, 6.45) is 0. The molecule has 0 unspecified atom stereocenters. The van der Waals surface area contributed by atoms with Crippen molar-refractivity contribution in [2.45, 2.75) is 26.4 Å². The van der Waals surface area contributed by atoms with Gasteiger partial charge in [-0.3, -0.25) is 10.1 Å². The molecule has 2 aromatic rings. The maximum absolute atomic E-state index is 10.9. The Labute approximate surface area is 132 Å². The zero-order valence-corrected chi connectivity index (χ0v) is 13.6. The Bertz CT molecular complexity index is 641. The van der Waals surface area contributed by atoms with Crippen molar-refractivity contribution >= 4 is 21.6 Å². The van der Waals surface area contributed by atoms with Gasteiger partial charge in [0.25, 0.3) is 5.69 Å². The molecule has 0 bridgehead atoms. The molecule has 0 heterocycles. The van der Waals surface area contributed by atoms with E-state index in [0.29, 0.717) is 12.1 Å². The van der Waals surface area contributed by atoms with Crippen molar-refractivity contribution < 1.29 is 4.92 Å². The average molecular weight is 349 g/mol. The predicted molar refractivity (Wildman–Crippen MR) is 87.2 cm³/mol. The smallest absolute Gasteiger partial charge is 0.272 e. The molecule has 0 amide bonds. The van der Waals surface area contributed by atoms with Gasteiger partial charge in [-0.05, 0) is 37.1 Å². The number of nitro benzene ring substituents is 1. The number of hydrogen-bond acceptors (Lipinski definition) is 3. The molecule has 2 aromatic carbocycles. The number of benzene rings is 2. The summed E-state index contributed by atoms with van der Waals surface area (Å²) < 4.78 is 1.05. The zero-order chi connectivity index (χ0) is 15.4. The van der Waals surface area contributed by atoms with Crippen LogP contribution in [-0.2, 0) is 6.54 Å². The molecule has 110 valence electrons. The highest BCUT2D eigenvalue weighted by atomic mass is 79.9. The predicted octanol–water partition coefficient (Wildman–Crippen LogP) is 4.52. The molecule has 1 N–H and O–H groups in total. The van der Waals surface area contributed by atoms with Gasteiger partial charge in [-0.2, -0.15) is 0 Å². The number of halogens is 1. The van der Waals surface area contributed by atoms with Crippen LogP contribution in [0, 0.1) is 17.0 Å². The molecular weight excluding hydrogens is 332 g/mol. The van der Waals surface area contributed by atoms with Crippen molar-refractivity contribution in [3.05, 3.63) is 73.7 Å². The van der Waals surface area contributed by atoms with Gasteiger partial charge in [-0.15, -0.1) is 0 Å². The van der Waals surface area contributed by atoms with Gasteiger partial charge in [-0.25, -0.2) is 0 Å². The summed E-state index contributed by atoms with van der Waals surface area (Å²) in [6.45, 7) is 4.42. The molecule has 0 spiro atoms. The average Bonchev–Trinajstić information content (AvgIpc) is 2.46. The van der Waals surface area contributed by atoms with Crippen LogP contribution in [0.4, 0.5) is 5.69 Å². The first-order chi connectivity index (χ1) is 9.97. The number of nitrogens with zero attached hydrogens (tertiary/aromatic N) is 1. The Hall–Kier alpha value is -1.72. The molecule has 2 rings (SSSR count). The van der Waals surface area contributed by atoms with Crippen LogP contribution < -0.4 is 5.32 Å². The summed E-state index contributed by atoms with van der Waals surface area (Å²) in [5, 5.41) is 14.3. The van der Waals surface area contributed by atoms with E-state index in [0.717, 1.165) is 10.0 Å². The van der Waals surface area contributed by atoms with Crippen molar-refractivity contribution in [2.24, 2.45) is 0 Å². The molecule has 21 heavy (non-hydrogen) atoms. The topological polar surface area (TPSA) is 55.2 Å². The number of aryl methyl sites for hydroxylation is 1. The molecule has 0 aliphatic rings. The van der Waals surface area contributed by atoms with Crippen LogP contribution in [0.3, 0.4) is 0 Å². The summed E-state index contributed by atoms with van der Waals surface area (Å²) in [4.78, 5) is 10.6. The number of hydrogen-bond donors (Lipinski definition) is 1. The second-order valence-corrected chi connectivity index (χ2v) is 5.95. The molecule has 1 atom stereocenters. The van der Waals surface area contributed by atoms with Crippen molar-refractivity contribution in [3.63, 3.8) is 0 Å². The summed E-state index contributed by atoms with van der Waals surface area (Å²) in [7, 11) is 0. The monoisotopic (exact) mass is 348 g/mol. The summed E-state index contributed by atoms with van der Waals surface area (Å²) in [5.41, 5.74) is 2.95. The van der Waals surface area contributed by atoms with Crippen molar-refractivity contribution in [1.82, 2.24) is 5.32 Å². The highest BCUT2D eigenvalue weighted by Gasteiger charge is 2.11. The standard InChI is InChI=1S/C16H17BrN2O2/c1-11-3-4-13(9-16(11)19(20)21)10-18-12(2)14-5-7-15(17)8-6-14/h3-9,12,18H,10H2,1-2H3/t12-/m0/s1. The highest BCUT2D eigenvalue weighted by molar-refractivity contribution is 9.10. The highest BCUT2D eigenvalue weighted by Crippen LogP contribution is 2.20. The summed E-state index contributed by atoms with van der Waals surface area (Å²) >= 11 is 3.41. The van der Waals surface area contributed by atoms with E-state index >= 15 is 0 Å². The van der Waals surface area contributed by atoms with Gasteiger partial charge in [0, 0.05) is 28.7 Å². The van der Waals surface area contributed by atoms with Crippen LogP contribution in [0.25, 0.3) is 0 Å². The van der Waals surface area contributed by atoms with Crippen LogP contribution in [0.15, 0.2) is 46.9 Å². The number of rotatable bonds is 5. The van der Waals surface area contributed by atoms with Crippen molar-refractivity contribution in [3.8, 4) is 0 Å². The molecule has 0 aromatic heterocycles. The van der Waals surface area contributed by atoms with E-state index in [4.69, 9.17) is 0 Å². The lowest BCUT2D eigenvalue weighted by Gasteiger charge is -2.14. The van der Waals surface area contributed by atoms with Crippen molar-refractivity contribution in [1.29, 1.82) is 0 Å². The lowest BCUT2D eigenvalue weighted by atomic mass is 10.1. The fourth-order valence-corrected chi connectivity index (χ4v) is 2.37. The van der Waals surface area contributed by atoms with E-state index in [2.05, 4.69) is 40.3 Å². The molecule has 0 aliphatic carbocycles. The zero-order valence-electron chi connectivity index (χ0n) is 12.0. The third kappa shape index (κ3) is 4.12. The minimum absolute atomic E-state index is 0.172. The summed E-state index contributed by atoms with van der Waals surface area (Å²) in [5.74, 6) is 0. The molecule has 0 fully saturated rings. The maximum Gasteiger partial charge on any atom is 0.272 e. The molecule has 0 radical (unpaired) electrons. The van der Waals surface area contributed by atoms with Gasteiger partial charge in [0.15, 0.2) is 0 Å². The molecule has 0 saturated carbocycles. The van der Waals surface area contributed by atoms with Crippen LogP contribution in [0.5, 0.6) is 0 Å². The lowest BCUT2D eigenvalue weighted by molar-refractivity contribution is -0.385. The van der Waals surface area contributed by atoms with Gasteiger partial charge in [-0.1, -0.05) is 40.2 Å². The number of nitro groups is 1. The Morgan fingerprint density at radius 3 is 2.52 bits per heavy atom. The van der Waals surface area contributed by atoms with E-state index in [9.17, 15) is 10.1 Å². The van der Waals surface area contributed by atoms with Crippen LogP contribution in [0.1, 0.15) is 29.7 Å². The first-order valence-electron chi connectivity index (χ1n) is 6.70. The second-order valence-electron chi connectivity index (χ2n) is 5.03. The quantitative estimate of drug-likeness (QED) is 0.638. The molecule has 0 aliphatic heterocycles. The molecular formula is C16H17BrN2O2. The Balaban J connectivity index is 2.04. The Morgan fingerprint density at radius 2 is 1.90 bits per heavy atom. The van der Waals surface area contributed by atoms with E-state index in [1.807, 2.05) is 18.2 Å². The van der Waals surface area contributed by atoms with E-state index in [1.165, 1.54) is 5.56 Å². The van der Waals surface area contributed by atoms with Gasteiger partial charge in [0.05, 0.1) is 4.92 Å². The molecule has 0 saturated heterocycles. The maximum atomic E-state index is 10.9. The second kappa shape index (κ2) is 6.83. The lowest BCUT2D eigenvalue weighted by Crippen LogP contribution is -2.18. The van der Waals surface area contributed by atoms with Gasteiger partial charge in [0.2, 0.25) is 0 Å². The van der Waals surface area contributed by atoms with Crippen molar-refractivity contribution in [2.75, 3.05) is 0 Å². The molecule has 5 heteroatoms. The fraction of sp³-hybridized carbons (Fsp3) is 0.250. The Morgan fingerprint density at radius 1 is 1.24 bits per heavy atom. The van der Waals surface area contributed by atoms with E-state index in [1.54, 1.807) is 19.1 Å². The van der Waals surface area contributed by atoms with Gasteiger partial charge >= 0.3 is 0 Å². The SMILES string of the molecule is Cc1ccc(CN[C@@H](C)c2ccc(Br)cc2)cc1[N+](=O)[O-]. The third-order valence-electron chi connectivity index (χ3n) is 3.45. The van der Waals surface area contributed by atoms with E-state index < -0.39 is 0 Å². The van der Waals surface area contributed by atoms with Crippen LogP contribution >= 0.6 is 15.9 Å². The summed E-state index contributed by atoms with van der Waals surface area (Å²) in [6, 6.07) is 13.6. The van der Waals surface area contributed by atoms with Gasteiger partial charge in [0.1, 0.15) is 0 Å². The Kier molecular flexibility index (Phi) is 5.09. The minimum atomic E-state index is -0.336. The van der Waals surface area contributed by atoms with Crippen LogP contribution in [-0.4, -0.2) is 4.92 Å². The molecule has 4 nitrogen and oxygen atoms in total. The normalized spacial score (nSPS) is 12.1.